The Kier molecular flexibility index (Phi) is 5.73. The lowest BCUT2D eigenvalue weighted by molar-refractivity contribution is -0.139. The molecule has 0 saturated carbocycles. The molecule has 7 heteroatoms. The maximum atomic E-state index is 13.6. The molecule has 0 heterocycles. The second-order valence-corrected chi connectivity index (χ2v) is 5.71. The molecule has 0 aromatic heterocycles. The normalized spacial score (nSPS) is 12.4. The van der Waals surface area contributed by atoms with E-state index in [9.17, 15) is 14.0 Å². The highest BCUT2D eigenvalue weighted by atomic mass is 19.1. The number of rotatable bonds is 5. The number of alkyl carbamates (subject to hydrolysis) is 1. The summed E-state index contributed by atoms with van der Waals surface area (Å²) in [6, 6.07) is 2.89. The Balaban J connectivity index is 2.78. The second kappa shape index (κ2) is 7.11. The van der Waals surface area contributed by atoms with Crippen LogP contribution in [0.2, 0.25) is 0 Å². The first kappa shape index (κ1) is 17.7. The predicted molar refractivity (Wildman–Crippen MR) is 77.4 cm³/mol. The van der Waals surface area contributed by atoms with Gasteiger partial charge < -0.3 is 19.9 Å². The molecule has 1 amide bonds. The number of ether oxygens (including phenoxy) is 2. The van der Waals surface area contributed by atoms with Gasteiger partial charge in [0, 0.05) is 6.42 Å². The quantitative estimate of drug-likeness (QED) is 0.871. The highest BCUT2D eigenvalue weighted by Crippen LogP contribution is 2.18. The molecule has 0 radical (unpaired) electrons. The van der Waals surface area contributed by atoms with Gasteiger partial charge in [0.25, 0.3) is 0 Å². The van der Waals surface area contributed by atoms with Crippen molar-refractivity contribution in [3.05, 3.63) is 29.6 Å². The van der Waals surface area contributed by atoms with Gasteiger partial charge in [-0.25, -0.2) is 14.0 Å². The molecule has 0 saturated heterocycles. The lowest BCUT2D eigenvalue weighted by atomic mass is 10.1. The first-order valence-electron chi connectivity index (χ1n) is 6.67. The van der Waals surface area contributed by atoms with Crippen molar-refractivity contribution in [2.75, 3.05) is 7.11 Å². The standard InChI is InChI=1S/C15H20FNO5/c1-15(2,3)22-14(20)17-11(13(18)19)8-9-5-6-12(21-4)10(16)7-9/h5-7,11H,8H2,1-4H3,(H,17,20)(H,18,19). The Hall–Kier alpha value is -2.31. The van der Waals surface area contributed by atoms with Crippen molar-refractivity contribution in [1.29, 1.82) is 0 Å². The van der Waals surface area contributed by atoms with Crippen LogP contribution in [0.15, 0.2) is 18.2 Å². The van der Waals surface area contributed by atoms with E-state index in [2.05, 4.69) is 5.32 Å². The van der Waals surface area contributed by atoms with Gasteiger partial charge in [-0.1, -0.05) is 6.07 Å². The zero-order valence-electron chi connectivity index (χ0n) is 13.0. The maximum absolute atomic E-state index is 13.6. The summed E-state index contributed by atoms with van der Waals surface area (Å²) in [4.78, 5) is 22.9. The lowest BCUT2D eigenvalue weighted by Gasteiger charge is -2.22. The van der Waals surface area contributed by atoms with Crippen molar-refractivity contribution in [2.45, 2.75) is 38.8 Å². The van der Waals surface area contributed by atoms with Crippen LogP contribution in [0.3, 0.4) is 0 Å². The SMILES string of the molecule is COc1ccc(CC(NC(=O)OC(C)(C)C)C(=O)O)cc1F. The number of carbonyl (C=O) groups excluding carboxylic acids is 1. The Morgan fingerprint density at radius 1 is 1.36 bits per heavy atom. The molecule has 0 aliphatic carbocycles. The Morgan fingerprint density at radius 2 is 2.00 bits per heavy atom. The number of halogens is 1. The summed E-state index contributed by atoms with van der Waals surface area (Å²) in [7, 11) is 1.34. The van der Waals surface area contributed by atoms with Crippen molar-refractivity contribution in [1.82, 2.24) is 5.32 Å². The van der Waals surface area contributed by atoms with Gasteiger partial charge in [0.15, 0.2) is 11.6 Å². The molecule has 1 rings (SSSR count). The number of carboxylic acids is 1. The van der Waals surface area contributed by atoms with Crippen LogP contribution in [0.1, 0.15) is 26.3 Å². The van der Waals surface area contributed by atoms with Crippen LogP contribution < -0.4 is 10.1 Å². The van der Waals surface area contributed by atoms with E-state index in [1.165, 1.54) is 25.3 Å². The molecule has 1 aromatic rings. The number of carboxylic acid groups (broad SMARTS) is 1. The van der Waals surface area contributed by atoms with Gasteiger partial charge in [0.2, 0.25) is 0 Å². The third-order valence-corrected chi connectivity index (χ3v) is 2.65. The zero-order chi connectivity index (χ0) is 16.9. The summed E-state index contributed by atoms with van der Waals surface area (Å²) in [6.45, 7) is 5.00. The number of benzene rings is 1. The van der Waals surface area contributed by atoms with Gasteiger partial charge in [-0.15, -0.1) is 0 Å². The molecule has 2 N–H and O–H groups in total. The molecule has 0 aliphatic heterocycles. The van der Waals surface area contributed by atoms with Gasteiger partial charge in [-0.3, -0.25) is 0 Å². The van der Waals surface area contributed by atoms with E-state index < -0.39 is 29.5 Å². The molecule has 1 atom stereocenters. The summed E-state index contributed by atoms with van der Waals surface area (Å²) >= 11 is 0. The van der Waals surface area contributed by atoms with Gasteiger partial charge in [0.05, 0.1) is 7.11 Å². The number of amides is 1. The van der Waals surface area contributed by atoms with Gasteiger partial charge in [0.1, 0.15) is 11.6 Å². The molecule has 22 heavy (non-hydrogen) atoms. The molecular formula is C15H20FNO5. The van der Waals surface area contributed by atoms with E-state index in [1.807, 2.05) is 0 Å². The first-order chi connectivity index (χ1) is 10.1. The largest absolute Gasteiger partial charge is 0.494 e. The van der Waals surface area contributed by atoms with Crippen molar-refractivity contribution in [2.24, 2.45) is 0 Å². The molecular weight excluding hydrogens is 293 g/mol. The third kappa shape index (κ3) is 5.59. The van der Waals surface area contributed by atoms with Crippen molar-refractivity contribution >= 4 is 12.1 Å². The van der Waals surface area contributed by atoms with Crippen LogP contribution in [0.5, 0.6) is 5.75 Å². The van der Waals surface area contributed by atoms with Crippen LogP contribution in [-0.2, 0) is 16.0 Å². The minimum Gasteiger partial charge on any atom is -0.494 e. The maximum Gasteiger partial charge on any atom is 0.408 e. The van der Waals surface area contributed by atoms with Crippen molar-refractivity contribution in [3.8, 4) is 5.75 Å². The fourth-order valence-corrected chi connectivity index (χ4v) is 1.72. The summed E-state index contributed by atoms with van der Waals surface area (Å²) < 4.78 is 23.4. The molecule has 0 fully saturated rings. The van der Waals surface area contributed by atoms with Crippen molar-refractivity contribution < 1.29 is 28.6 Å². The second-order valence-electron chi connectivity index (χ2n) is 5.71. The van der Waals surface area contributed by atoms with Gasteiger partial charge in [-0.2, -0.15) is 0 Å². The average molecular weight is 313 g/mol. The molecule has 1 aromatic carbocycles. The van der Waals surface area contributed by atoms with E-state index >= 15 is 0 Å². The monoisotopic (exact) mass is 313 g/mol. The van der Waals surface area contributed by atoms with Crippen LogP contribution >= 0.6 is 0 Å². The van der Waals surface area contributed by atoms with Crippen LogP contribution in [0.4, 0.5) is 9.18 Å². The summed E-state index contributed by atoms with van der Waals surface area (Å²) in [5.41, 5.74) is -0.318. The van der Waals surface area contributed by atoms with E-state index in [-0.39, 0.29) is 12.2 Å². The molecule has 6 nitrogen and oxygen atoms in total. The van der Waals surface area contributed by atoms with Crippen LogP contribution in [0.25, 0.3) is 0 Å². The van der Waals surface area contributed by atoms with E-state index in [1.54, 1.807) is 20.8 Å². The Morgan fingerprint density at radius 3 is 2.45 bits per heavy atom. The topological polar surface area (TPSA) is 84.9 Å². The molecule has 0 spiro atoms. The summed E-state index contributed by atoms with van der Waals surface area (Å²) in [5.74, 6) is -1.76. The first-order valence-corrected chi connectivity index (χ1v) is 6.67. The van der Waals surface area contributed by atoms with Gasteiger partial charge in [-0.05, 0) is 38.5 Å². The highest BCUT2D eigenvalue weighted by molar-refractivity contribution is 5.80. The molecule has 122 valence electrons. The fourth-order valence-electron chi connectivity index (χ4n) is 1.72. The van der Waals surface area contributed by atoms with Crippen LogP contribution in [0, 0.1) is 5.82 Å². The Bertz CT molecular complexity index is 553. The summed E-state index contributed by atoms with van der Waals surface area (Å²) in [5, 5.41) is 11.4. The number of nitrogens with one attached hydrogen (secondary N) is 1. The molecule has 0 aliphatic rings. The van der Waals surface area contributed by atoms with Gasteiger partial charge >= 0.3 is 12.1 Å². The third-order valence-electron chi connectivity index (χ3n) is 2.65. The average Bonchev–Trinajstić information content (AvgIpc) is 2.35. The number of hydrogen-bond acceptors (Lipinski definition) is 4. The van der Waals surface area contributed by atoms with Crippen LogP contribution in [-0.4, -0.2) is 35.9 Å². The van der Waals surface area contributed by atoms with E-state index in [0.29, 0.717) is 5.56 Å². The molecule has 0 bridgehead atoms. The van der Waals surface area contributed by atoms with Crippen molar-refractivity contribution in [3.63, 3.8) is 0 Å². The number of aliphatic carboxylic acids is 1. The lowest BCUT2D eigenvalue weighted by Crippen LogP contribution is -2.44. The molecule has 1 unspecified atom stereocenters. The number of methoxy groups -OCH3 is 1. The Labute approximate surface area is 128 Å². The predicted octanol–water partition coefficient (Wildman–Crippen LogP) is 2.35. The number of carbonyl (C=O) groups is 2. The van der Waals surface area contributed by atoms with E-state index in [0.717, 1.165) is 0 Å². The smallest absolute Gasteiger partial charge is 0.408 e. The summed E-state index contributed by atoms with van der Waals surface area (Å²) in [6.07, 6.45) is -0.913. The van der Waals surface area contributed by atoms with E-state index in [4.69, 9.17) is 14.6 Å². The minimum atomic E-state index is -1.23. The highest BCUT2D eigenvalue weighted by Gasteiger charge is 2.24. The number of hydrogen-bond donors (Lipinski definition) is 2. The zero-order valence-corrected chi connectivity index (χ0v) is 13.0. The minimum absolute atomic E-state index is 0.0655. The fraction of sp³-hybridized carbons (Fsp3) is 0.467.